The van der Waals surface area contributed by atoms with Crippen molar-refractivity contribution in [3.05, 3.63) is 59.7 Å². The molecule has 2 atom stereocenters. The number of carbonyl (C=O) groups excluding carboxylic acids is 2. The van der Waals surface area contributed by atoms with Crippen molar-refractivity contribution in [1.29, 1.82) is 0 Å². The van der Waals surface area contributed by atoms with E-state index in [-0.39, 0.29) is 31.2 Å². The fourth-order valence-electron chi connectivity index (χ4n) is 4.33. The molecule has 0 saturated carbocycles. The van der Waals surface area contributed by atoms with Crippen LogP contribution in [0.3, 0.4) is 0 Å². The summed E-state index contributed by atoms with van der Waals surface area (Å²) < 4.78 is 28.9. The number of hydrogen-bond donors (Lipinski definition) is 2. The summed E-state index contributed by atoms with van der Waals surface area (Å²) in [5.74, 6) is -2.42. The van der Waals surface area contributed by atoms with E-state index < -0.39 is 39.9 Å². The van der Waals surface area contributed by atoms with Crippen LogP contribution in [-0.4, -0.2) is 73.6 Å². The van der Waals surface area contributed by atoms with E-state index in [4.69, 9.17) is 4.74 Å². The van der Waals surface area contributed by atoms with Gasteiger partial charge in [-0.15, -0.1) is 0 Å². The Labute approximate surface area is 205 Å². The van der Waals surface area contributed by atoms with Crippen LogP contribution in [0.5, 0.6) is 0 Å². The number of rotatable bonds is 10. The van der Waals surface area contributed by atoms with Crippen LogP contribution in [-0.2, 0) is 24.2 Å². The highest BCUT2D eigenvalue weighted by Gasteiger charge is 2.33. The average Bonchev–Trinajstić information content (AvgIpc) is 3.13. The number of ether oxygens (including phenoxy) is 1. The average molecular weight is 503 g/mol. The van der Waals surface area contributed by atoms with E-state index in [0.717, 1.165) is 33.4 Å². The van der Waals surface area contributed by atoms with Crippen LogP contribution in [0.4, 0.5) is 4.79 Å². The fourth-order valence-corrected chi connectivity index (χ4v) is 4.99. The number of fused-ring (bicyclic) bond motifs is 3. The Hall–Kier alpha value is -3.40. The number of alkyl carbamates (subject to hydrolysis) is 1. The number of benzene rings is 2. The molecular formula is C25H30N2O7S. The lowest BCUT2D eigenvalue weighted by atomic mass is 9.98. The van der Waals surface area contributed by atoms with Gasteiger partial charge >= 0.3 is 12.1 Å². The fraction of sp³-hybridized carbons (Fsp3) is 0.400. The van der Waals surface area contributed by atoms with E-state index in [9.17, 15) is 27.9 Å². The lowest BCUT2D eigenvalue weighted by molar-refractivity contribution is -0.150. The molecular weight excluding hydrogens is 472 g/mol. The molecule has 0 saturated heterocycles. The van der Waals surface area contributed by atoms with E-state index >= 15 is 0 Å². The molecule has 1 aliphatic carbocycles. The van der Waals surface area contributed by atoms with Crippen LogP contribution in [0.1, 0.15) is 37.3 Å². The summed E-state index contributed by atoms with van der Waals surface area (Å²) in [7, 11) is -3.43. The first-order valence-electron chi connectivity index (χ1n) is 11.4. The quantitative estimate of drug-likeness (QED) is 0.511. The van der Waals surface area contributed by atoms with Gasteiger partial charge in [-0.05, 0) is 42.5 Å². The Morgan fingerprint density at radius 1 is 1.06 bits per heavy atom. The standard InChI is InChI=1S/C25H30N2O7S/c1-4-27(16(2)24(29)30)23(28)22(13-14-35(3,32)33)26-25(31)34-15-21-19-11-7-5-9-17(19)18-10-6-8-12-20(18)21/h5-12,16,21-22H,4,13-15H2,1-3H3,(H,26,31)(H,29,30). The van der Waals surface area contributed by atoms with Gasteiger partial charge in [0.05, 0.1) is 5.75 Å². The van der Waals surface area contributed by atoms with Gasteiger partial charge in [0.1, 0.15) is 28.5 Å². The number of sulfone groups is 1. The van der Waals surface area contributed by atoms with Crippen molar-refractivity contribution in [3.8, 4) is 11.1 Å². The smallest absolute Gasteiger partial charge is 0.407 e. The molecule has 0 aliphatic heterocycles. The number of hydrogen-bond acceptors (Lipinski definition) is 6. The molecule has 2 aromatic rings. The maximum absolute atomic E-state index is 13.1. The molecule has 3 rings (SSSR count). The van der Waals surface area contributed by atoms with Crippen molar-refractivity contribution >= 4 is 27.8 Å². The molecule has 0 heterocycles. The van der Waals surface area contributed by atoms with E-state index in [2.05, 4.69) is 5.32 Å². The molecule has 10 heteroatoms. The lowest BCUT2D eigenvalue weighted by Crippen LogP contribution is -2.53. The molecule has 1 aliphatic rings. The first kappa shape index (κ1) is 26.2. The van der Waals surface area contributed by atoms with Crippen LogP contribution in [0, 0.1) is 0 Å². The summed E-state index contributed by atoms with van der Waals surface area (Å²) in [5, 5.41) is 11.8. The van der Waals surface area contributed by atoms with Gasteiger partial charge in [0, 0.05) is 18.7 Å². The summed E-state index contributed by atoms with van der Waals surface area (Å²) in [6.45, 7) is 3.06. The molecule has 35 heavy (non-hydrogen) atoms. The highest BCUT2D eigenvalue weighted by molar-refractivity contribution is 7.90. The molecule has 2 amide bonds. The van der Waals surface area contributed by atoms with Crippen LogP contribution in [0.2, 0.25) is 0 Å². The molecule has 0 fully saturated rings. The van der Waals surface area contributed by atoms with Gasteiger partial charge in [0.25, 0.3) is 0 Å². The van der Waals surface area contributed by atoms with E-state index in [0.29, 0.717) is 0 Å². The Kier molecular flexibility index (Phi) is 8.16. The minimum Gasteiger partial charge on any atom is -0.480 e. The van der Waals surface area contributed by atoms with E-state index in [1.165, 1.54) is 6.92 Å². The first-order valence-corrected chi connectivity index (χ1v) is 13.4. The van der Waals surface area contributed by atoms with Gasteiger partial charge in [-0.1, -0.05) is 48.5 Å². The van der Waals surface area contributed by atoms with Crippen LogP contribution >= 0.6 is 0 Å². The summed E-state index contributed by atoms with van der Waals surface area (Å²) >= 11 is 0. The number of amides is 2. The van der Waals surface area contributed by atoms with Crippen molar-refractivity contribution in [2.24, 2.45) is 0 Å². The van der Waals surface area contributed by atoms with E-state index in [1.54, 1.807) is 6.92 Å². The molecule has 2 aromatic carbocycles. The second-order valence-electron chi connectivity index (χ2n) is 8.58. The highest BCUT2D eigenvalue weighted by Crippen LogP contribution is 2.44. The monoisotopic (exact) mass is 502 g/mol. The Morgan fingerprint density at radius 2 is 1.60 bits per heavy atom. The Balaban J connectivity index is 1.74. The van der Waals surface area contributed by atoms with Crippen molar-refractivity contribution in [2.75, 3.05) is 25.2 Å². The van der Waals surface area contributed by atoms with Gasteiger partial charge < -0.3 is 20.1 Å². The molecule has 0 bridgehead atoms. The largest absolute Gasteiger partial charge is 0.480 e. The maximum Gasteiger partial charge on any atom is 0.407 e. The van der Waals surface area contributed by atoms with Crippen LogP contribution in [0.15, 0.2) is 48.5 Å². The summed E-state index contributed by atoms with van der Waals surface area (Å²) in [6.07, 6.45) is -0.0537. The number of carboxylic acid groups (broad SMARTS) is 1. The zero-order valence-electron chi connectivity index (χ0n) is 19.9. The van der Waals surface area contributed by atoms with E-state index in [1.807, 2.05) is 48.5 Å². The second kappa shape index (κ2) is 10.9. The molecule has 2 N–H and O–H groups in total. The lowest BCUT2D eigenvalue weighted by Gasteiger charge is -2.29. The predicted octanol–water partition coefficient (Wildman–Crippen LogP) is 2.65. The van der Waals surface area contributed by atoms with Gasteiger partial charge in [-0.25, -0.2) is 18.0 Å². The van der Waals surface area contributed by atoms with Crippen LogP contribution in [0.25, 0.3) is 11.1 Å². The summed E-state index contributed by atoms with van der Waals surface area (Å²) in [6, 6.07) is 13.3. The first-order chi connectivity index (χ1) is 16.5. The molecule has 0 spiro atoms. The molecule has 2 unspecified atom stereocenters. The van der Waals surface area contributed by atoms with Gasteiger partial charge in [-0.2, -0.15) is 0 Å². The Bertz CT molecular complexity index is 1170. The van der Waals surface area contributed by atoms with Crippen molar-refractivity contribution in [1.82, 2.24) is 10.2 Å². The topological polar surface area (TPSA) is 130 Å². The zero-order chi connectivity index (χ0) is 25.8. The summed E-state index contributed by atoms with van der Waals surface area (Å²) in [5.41, 5.74) is 4.19. The van der Waals surface area contributed by atoms with Gasteiger partial charge in [0.15, 0.2) is 0 Å². The second-order valence-corrected chi connectivity index (χ2v) is 10.8. The number of aliphatic carboxylic acids is 1. The number of nitrogens with zero attached hydrogens (tertiary/aromatic N) is 1. The highest BCUT2D eigenvalue weighted by atomic mass is 32.2. The minimum absolute atomic E-state index is 0.0237. The van der Waals surface area contributed by atoms with Crippen molar-refractivity contribution in [2.45, 2.75) is 38.3 Å². The minimum atomic E-state index is -3.43. The number of likely N-dealkylation sites (N-methyl/N-ethyl adjacent to an activating group) is 1. The third-order valence-electron chi connectivity index (χ3n) is 6.16. The van der Waals surface area contributed by atoms with Crippen molar-refractivity contribution < 1.29 is 32.6 Å². The maximum atomic E-state index is 13.1. The van der Waals surface area contributed by atoms with Gasteiger partial charge in [-0.3, -0.25) is 4.79 Å². The molecule has 188 valence electrons. The summed E-state index contributed by atoms with van der Waals surface area (Å²) in [4.78, 5) is 38.3. The normalized spacial score (nSPS) is 14.4. The predicted molar refractivity (Wildman–Crippen MR) is 131 cm³/mol. The third kappa shape index (κ3) is 6.19. The number of carboxylic acids is 1. The Morgan fingerprint density at radius 3 is 2.09 bits per heavy atom. The molecule has 9 nitrogen and oxygen atoms in total. The molecule has 0 radical (unpaired) electrons. The zero-order valence-corrected chi connectivity index (χ0v) is 20.7. The number of carbonyl (C=O) groups is 3. The third-order valence-corrected chi connectivity index (χ3v) is 7.14. The van der Waals surface area contributed by atoms with Crippen LogP contribution < -0.4 is 5.32 Å². The number of nitrogens with one attached hydrogen (secondary N) is 1. The van der Waals surface area contributed by atoms with Gasteiger partial charge in [0.2, 0.25) is 5.91 Å². The molecule has 0 aromatic heterocycles. The SMILES string of the molecule is CCN(C(=O)C(CCS(C)(=O)=O)NC(=O)OCC1c2ccccc2-c2ccccc21)C(C)C(=O)O. The van der Waals surface area contributed by atoms with Crippen molar-refractivity contribution in [3.63, 3.8) is 0 Å².